The lowest BCUT2D eigenvalue weighted by Crippen LogP contribution is -2.12. The van der Waals surface area contributed by atoms with Gasteiger partial charge < -0.3 is 5.73 Å². The molecule has 0 fully saturated rings. The third-order valence-electron chi connectivity index (χ3n) is 2.10. The Bertz CT molecular complexity index is 555. The van der Waals surface area contributed by atoms with Gasteiger partial charge >= 0.3 is 0 Å². The van der Waals surface area contributed by atoms with E-state index in [0.717, 1.165) is 12.3 Å². The lowest BCUT2D eigenvalue weighted by molar-refractivity contribution is 0.0980. The molecule has 0 radical (unpaired) electrons. The summed E-state index contributed by atoms with van der Waals surface area (Å²) in [6, 6.07) is 1.37. The number of carbonyl (C=O) groups is 1. The predicted molar refractivity (Wildman–Crippen MR) is 57.5 cm³/mol. The fourth-order valence-electron chi connectivity index (χ4n) is 1.25. The minimum absolute atomic E-state index is 0.0248. The smallest absolute Gasteiger partial charge is 0.175 e. The number of rotatable bonds is 4. The number of benzene rings is 1. The first-order valence-corrected chi connectivity index (χ1v) is 6.59. The summed E-state index contributed by atoms with van der Waals surface area (Å²) in [7, 11) is -3.70. The van der Waals surface area contributed by atoms with Crippen molar-refractivity contribution in [2.45, 2.75) is 11.3 Å². The Balaban J connectivity index is 3.40. The van der Waals surface area contributed by atoms with Crippen LogP contribution < -0.4 is 5.73 Å². The molecule has 0 aliphatic heterocycles. The predicted octanol–water partition coefficient (Wildman–Crippen LogP) is 0.900. The molecular weight excluding hydrogens is 252 g/mol. The summed E-state index contributed by atoms with van der Waals surface area (Å²) < 4.78 is 48.9. The van der Waals surface area contributed by atoms with Gasteiger partial charge in [-0.25, -0.2) is 17.2 Å². The van der Waals surface area contributed by atoms with E-state index in [2.05, 4.69) is 0 Å². The van der Waals surface area contributed by atoms with Gasteiger partial charge in [0.25, 0.3) is 0 Å². The van der Waals surface area contributed by atoms with Crippen molar-refractivity contribution in [3.05, 3.63) is 29.3 Å². The first-order valence-electron chi connectivity index (χ1n) is 4.69. The van der Waals surface area contributed by atoms with Crippen molar-refractivity contribution in [3.63, 3.8) is 0 Å². The number of Topliss-reactive ketones (excluding diaryl/α,β-unsaturated/α-hetero) is 1. The average Bonchev–Trinajstić information content (AvgIpc) is 2.20. The molecule has 0 saturated heterocycles. The number of sulfone groups is 1. The van der Waals surface area contributed by atoms with E-state index < -0.39 is 37.7 Å². The molecule has 7 heteroatoms. The van der Waals surface area contributed by atoms with Gasteiger partial charge in [0.1, 0.15) is 0 Å². The van der Waals surface area contributed by atoms with Crippen LogP contribution in [-0.4, -0.2) is 27.0 Å². The van der Waals surface area contributed by atoms with Crippen LogP contribution in [0.5, 0.6) is 0 Å². The van der Waals surface area contributed by atoms with E-state index in [1.54, 1.807) is 0 Å². The minimum atomic E-state index is -3.70. The van der Waals surface area contributed by atoms with Crippen LogP contribution in [-0.2, 0) is 9.84 Å². The van der Waals surface area contributed by atoms with Crippen LogP contribution in [0.15, 0.2) is 17.0 Å². The Labute approximate surface area is 97.3 Å². The Kier molecular flexibility index (Phi) is 3.94. The van der Waals surface area contributed by atoms with Gasteiger partial charge in [-0.2, -0.15) is 0 Å². The third-order valence-corrected chi connectivity index (χ3v) is 3.19. The number of ketones is 1. The molecule has 4 nitrogen and oxygen atoms in total. The van der Waals surface area contributed by atoms with E-state index in [1.165, 1.54) is 0 Å². The second-order valence-electron chi connectivity index (χ2n) is 3.50. The van der Waals surface area contributed by atoms with Gasteiger partial charge in [0.2, 0.25) is 0 Å². The van der Waals surface area contributed by atoms with E-state index in [-0.39, 0.29) is 13.0 Å². The zero-order chi connectivity index (χ0) is 13.2. The van der Waals surface area contributed by atoms with Gasteiger partial charge in [0.05, 0.1) is 10.5 Å². The topological polar surface area (TPSA) is 77.2 Å². The van der Waals surface area contributed by atoms with Crippen molar-refractivity contribution >= 4 is 15.6 Å². The number of hydrogen-bond donors (Lipinski definition) is 1. The highest BCUT2D eigenvalue weighted by molar-refractivity contribution is 7.90. The summed E-state index contributed by atoms with van der Waals surface area (Å²) >= 11 is 0. The molecule has 0 saturated carbocycles. The molecule has 0 aromatic heterocycles. The Morgan fingerprint density at radius 3 is 2.41 bits per heavy atom. The van der Waals surface area contributed by atoms with Crippen molar-refractivity contribution in [1.29, 1.82) is 0 Å². The van der Waals surface area contributed by atoms with Crippen LogP contribution in [0.2, 0.25) is 0 Å². The van der Waals surface area contributed by atoms with Gasteiger partial charge in [0, 0.05) is 12.7 Å². The first kappa shape index (κ1) is 13.7. The second kappa shape index (κ2) is 4.89. The van der Waals surface area contributed by atoms with E-state index in [1.807, 2.05) is 0 Å². The molecule has 1 aromatic carbocycles. The van der Waals surface area contributed by atoms with E-state index >= 15 is 0 Å². The van der Waals surface area contributed by atoms with E-state index in [4.69, 9.17) is 5.73 Å². The van der Waals surface area contributed by atoms with Gasteiger partial charge in [-0.15, -0.1) is 0 Å². The molecule has 0 amide bonds. The maximum absolute atomic E-state index is 13.3. The molecule has 0 heterocycles. The quantitative estimate of drug-likeness (QED) is 0.646. The number of halogens is 2. The maximum Gasteiger partial charge on any atom is 0.175 e. The molecule has 0 bridgehead atoms. The standard InChI is InChI=1S/C10H11F2NO3S/c1-17(15,16)6-4-7(9(14)2-3-13)10(12)8(11)5-6/h4-5H,2-3,13H2,1H3. The monoisotopic (exact) mass is 263 g/mol. The van der Waals surface area contributed by atoms with Gasteiger partial charge in [-0.1, -0.05) is 0 Å². The zero-order valence-electron chi connectivity index (χ0n) is 9.04. The Morgan fingerprint density at radius 1 is 1.35 bits per heavy atom. The lowest BCUT2D eigenvalue weighted by atomic mass is 10.1. The van der Waals surface area contributed by atoms with Gasteiger partial charge in [0.15, 0.2) is 27.3 Å². The summed E-state index contributed by atoms with van der Waals surface area (Å²) in [6.07, 6.45) is 0.667. The molecule has 0 unspecified atom stereocenters. The molecule has 0 atom stereocenters. The van der Waals surface area contributed by atoms with Crippen LogP contribution in [0.4, 0.5) is 8.78 Å². The highest BCUT2D eigenvalue weighted by Gasteiger charge is 2.20. The van der Waals surface area contributed by atoms with Crippen molar-refractivity contribution in [2.75, 3.05) is 12.8 Å². The largest absolute Gasteiger partial charge is 0.330 e. The molecular formula is C10H11F2NO3S. The van der Waals surface area contributed by atoms with E-state index in [9.17, 15) is 22.0 Å². The normalized spacial score (nSPS) is 11.5. The third kappa shape index (κ3) is 3.07. The van der Waals surface area contributed by atoms with Crippen molar-refractivity contribution in [1.82, 2.24) is 0 Å². The summed E-state index contributed by atoms with van der Waals surface area (Å²) in [5, 5.41) is 0. The molecule has 94 valence electrons. The molecule has 1 rings (SSSR count). The molecule has 2 N–H and O–H groups in total. The van der Waals surface area contributed by atoms with Crippen LogP contribution in [0.3, 0.4) is 0 Å². The minimum Gasteiger partial charge on any atom is -0.330 e. The molecule has 0 aliphatic carbocycles. The highest BCUT2D eigenvalue weighted by atomic mass is 32.2. The van der Waals surface area contributed by atoms with E-state index in [0.29, 0.717) is 6.07 Å². The van der Waals surface area contributed by atoms with Crippen molar-refractivity contribution in [2.24, 2.45) is 5.73 Å². The zero-order valence-corrected chi connectivity index (χ0v) is 9.85. The fraction of sp³-hybridized carbons (Fsp3) is 0.300. The number of hydrogen-bond acceptors (Lipinski definition) is 4. The first-order chi connectivity index (χ1) is 7.77. The molecule has 1 aromatic rings. The SMILES string of the molecule is CS(=O)(=O)c1cc(F)c(F)c(C(=O)CCN)c1. The second-order valence-corrected chi connectivity index (χ2v) is 5.52. The Hall–Kier alpha value is -1.34. The Morgan fingerprint density at radius 2 is 1.94 bits per heavy atom. The van der Waals surface area contributed by atoms with Gasteiger partial charge in [-0.3, -0.25) is 4.79 Å². The van der Waals surface area contributed by atoms with Crippen LogP contribution >= 0.6 is 0 Å². The van der Waals surface area contributed by atoms with Crippen LogP contribution in [0, 0.1) is 11.6 Å². The van der Waals surface area contributed by atoms with Gasteiger partial charge in [-0.05, 0) is 18.7 Å². The van der Waals surface area contributed by atoms with Crippen molar-refractivity contribution < 1.29 is 22.0 Å². The average molecular weight is 263 g/mol. The number of nitrogens with two attached hydrogens (primary N) is 1. The lowest BCUT2D eigenvalue weighted by Gasteiger charge is -2.05. The summed E-state index contributed by atoms with van der Waals surface area (Å²) in [6.45, 7) is -0.0248. The fourth-order valence-corrected chi connectivity index (χ4v) is 1.90. The van der Waals surface area contributed by atoms with Crippen molar-refractivity contribution in [3.8, 4) is 0 Å². The molecule has 0 spiro atoms. The molecule has 0 aliphatic rings. The van der Waals surface area contributed by atoms with Crippen LogP contribution in [0.1, 0.15) is 16.8 Å². The highest BCUT2D eigenvalue weighted by Crippen LogP contribution is 2.19. The summed E-state index contributed by atoms with van der Waals surface area (Å²) in [4.78, 5) is 11.0. The molecule has 17 heavy (non-hydrogen) atoms. The summed E-state index contributed by atoms with van der Waals surface area (Å²) in [5.41, 5.74) is 4.54. The maximum atomic E-state index is 13.3. The summed E-state index contributed by atoms with van der Waals surface area (Å²) in [5.74, 6) is -3.45. The number of carbonyl (C=O) groups excluding carboxylic acids is 1. The van der Waals surface area contributed by atoms with Crippen LogP contribution in [0.25, 0.3) is 0 Å².